The van der Waals surface area contributed by atoms with Gasteiger partial charge in [-0.2, -0.15) is 0 Å². The summed E-state index contributed by atoms with van der Waals surface area (Å²) in [5, 5.41) is 5.49. The van der Waals surface area contributed by atoms with Gasteiger partial charge in [0.2, 0.25) is 0 Å². The van der Waals surface area contributed by atoms with Gasteiger partial charge in [0.15, 0.2) is 0 Å². The Balaban J connectivity index is 1.64. The monoisotopic (exact) mass is 429 g/mol. The quantitative estimate of drug-likeness (QED) is 0.599. The van der Waals surface area contributed by atoms with Gasteiger partial charge >= 0.3 is 5.97 Å². The van der Waals surface area contributed by atoms with Crippen LogP contribution in [0.4, 0.5) is 5.69 Å². The summed E-state index contributed by atoms with van der Waals surface area (Å²) in [5.41, 5.74) is 1.45. The fraction of sp³-hybridized carbons (Fsp3) is 0.381. The van der Waals surface area contributed by atoms with Crippen LogP contribution in [0.15, 0.2) is 29.6 Å². The van der Waals surface area contributed by atoms with Gasteiger partial charge in [0.05, 0.1) is 23.4 Å². The third kappa shape index (κ3) is 4.34. The molecule has 1 atom stereocenters. The topological polar surface area (TPSA) is 71.5 Å². The SMILES string of the molecule is COC(=O)c1sc2nc(CN3CCCC(C)C3)ccc2c1NC(=O)c1cccs1. The molecule has 6 nitrogen and oxygen atoms in total. The molecule has 4 heterocycles. The second-order valence-corrected chi connectivity index (χ2v) is 9.31. The average Bonchev–Trinajstić information content (AvgIpc) is 3.36. The Kier molecular flexibility index (Phi) is 5.94. The van der Waals surface area contributed by atoms with Crippen LogP contribution in [0.1, 0.15) is 44.8 Å². The zero-order valence-corrected chi connectivity index (χ0v) is 18.1. The molecule has 1 fully saturated rings. The van der Waals surface area contributed by atoms with Crippen LogP contribution in [0.2, 0.25) is 0 Å². The number of methoxy groups -OCH3 is 1. The fourth-order valence-corrected chi connectivity index (χ4v) is 5.39. The predicted octanol–water partition coefficient (Wildman–Crippen LogP) is 4.63. The average molecular weight is 430 g/mol. The van der Waals surface area contributed by atoms with Crippen LogP contribution < -0.4 is 5.32 Å². The number of carbonyl (C=O) groups is 2. The van der Waals surface area contributed by atoms with E-state index in [0.717, 1.165) is 35.5 Å². The second kappa shape index (κ2) is 8.61. The molecule has 1 unspecified atom stereocenters. The van der Waals surface area contributed by atoms with E-state index in [-0.39, 0.29) is 5.91 Å². The maximum atomic E-state index is 12.6. The fourth-order valence-electron chi connectivity index (χ4n) is 3.71. The summed E-state index contributed by atoms with van der Waals surface area (Å²) in [4.78, 5) is 33.8. The van der Waals surface area contributed by atoms with Gasteiger partial charge in [-0.15, -0.1) is 22.7 Å². The molecular weight excluding hydrogens is 406 g/mol. The first kappa shape index (κ1) is 20.0. The van der Waals surface area contributed by atoms with Crippen molar-refractivity contribution in [2.45, 2.75) is 26.3 Å². The zero-order valence-electron chi connectivity index (χ0n) is 16.4. The maximum Gasteiger partial charge on any atom is 0.350 e. The molecule has 4 rings (SSSR count). The molecule has 0 aromatic carbocycles. The number of thiophene rings is 2. The van der Waals surface area contributed by atoms with E-state index in [1.54, 1.807) is 6.07 Å². The van der Waals surface area contributed by atoms with E-state index in [1.165, 1.54) is 42.6 Å². The minimum absolute atomic E-state index is 0.240. The molecule has 8 heteroatoms. The van der Waals surface area contributed by atoms with Crippen molar-refractivity contribution >= 4 is 50.5 Å². The molecule has 3 aromatic rings. The number of anilines is 1. The molecule has 29 heavy (non-hydrogen) atoms. The number of nitrogens with zero attached hydrogens (tertiary/aromatic N) is 2. The summed E-state index contributed by atoms with van der Waals surface area (Å²) in [6.45, 7) is 5.25. The number of amides is 1. The van der Waals surface area contributed by atoms with Crippen molar-refractivity contribution in [3.63, 3.8) is 0 Å². The summed E-state index contributed by atoms with van der Waals surface area (Å²) in [6, 6.07) is 7.50. The Hall–Kier alpha value is -2.29. The Morgan fingerprint density at radius 2 is 2.21 bits per heavy atom. The molecule has 0 radical (unpaired) electrons. The minimum Gasteiger partial charge on any atom is -0.465 e. The summed E-state index contributed by atoms with van der Waals surface area (Å²) in [5.74, 6) is -0.00340. The highest BCUT2D eigenvalue weighted by Crippen LogP contribution is 2.36. The number of ether oxygens (including phenoxy) is 1. The van der Waals surface area contributed by atoms with Crippen LogP contribution in [-0.2, 0) is 11.3 Å². The van der Waals surface area contributed by atoms with E-state index < -0.39 is 5.97 Å². The molecule has 1 saturated heterocycles. The number of rotatable bonds is 5. The number of hydrogen-bond acceptors (Lipinski definition) is 7. The summed E-state index contributed by atoms with van der Waals surface area (Å²) >= 11 is 2.61. The number of hydrogen-bond donors (Lipinski definition) is 1. The highest BCUT2D eigenvalue weighted by molar-refractivity contribution is 7.21. The number of carbonyl (C=O) groups excluding carboxylic acids is 2. The van der Waals surface area contributed by atoms with Crippen molar-refractivity contribution in [1.82, 2.24) is 9.88 Å². The number of aromatic nitrogens is 1. The van der Waals surface area contributed by atoms with Gasteiger partial charge in [0.25, 0.3) is 5.91 Å². The Labute approximate surface area is 177 Å². The summed E-state index contributed by atoms with van der Waals surface area (Å²) in [6.07, 6.45) is 2.50. The lowest BCUT2D eigenvalue weighted by Crippen LogP contribution is -2.33. The van der Waals surface area contributed by atoms with Crippen molar-refractivity contribution in [2.24, 2.45) is 5.92 Å². The molecular formula is C21H23N3O3S2. The van der Waals surface area contributed by atoms with Crippen molar-refractivity contribution in [2.75, 3.05) is 25.5 Å². The first-order valence-electron chi connectivity index (χ1n) is 9.63. The minimum atomic E-state index is -0.471. The molecule has 1 aliphatic heterocycles. The number of piperidine rings is 1. The third-order valence-corrected chi connectivity index (χ3v) is 7.04. The number of pyridine rings is 1. The lowest BCUT2D eigenvalue weighted by molar-refractivity contribution is 0.0607. The van der Waals surface area contributed by atoms with Gasteiger partial charge in [-0.3, -0.25) is 9.69 Å². The van der Waals surface area contributed by atoms with Crippen molar-refractivity contribution in [3.8, 4) is 0 Å². The first-order valence-corrected chi connectivity index (χ1v) is 11.3. The molecule has 152 valence electrons. The van der Waals surface area contributed by atoms with Gasteiger partial charge in [-0.1, -0.05) is 13.0 Å². The van der Waals surface area contributed by atoms with E-state index in [9.17, 15) is 9.59 Å². The zero-order chi connectivity index (χ0) is 20.4. The van der Waals surface area contributed by atoms with E-state index >= 15 is 0 Å². The molecule has 1 amide bonds. The van der Waals surface area contributed by atoms with Crippen LogP contribution in [0.25, 0.3) is 10.2 Å². The smallest absolute Gasteiger partial charge is 0.350 e. The molecule has 1 N–H and O–H groups in total. The largest absolute Gasteiger partial charge is 0.465 e. The number of likely N-dealkylation sites (tertiary alicyclic amines) is 1. The Morgan fingerprint density at radius 1 is 1.34 bits per heavy atom. The van der Waals surface area contributed by atoms with E-state index in [1.807, 2.05) is 23.6 Å². The maximum absolute atomic E-state index is 12.6. The van der Waals surface area contributed by atoms with Gasteiger partial charge < -0.3 is 10.1 Å². The van der Waals surface area contributed by atoms with Crippen LogP contribution in [-0.4, -0.2) is 42.0 Å². The molecule has 3 aromatic heterocycles. The first-order chi connectivity index (χ1) is 14.0. The Morgan fingerprint density at radius 3 is 2.93 bits per heavy atom. The Bertz CT molecular complexity index is 1030. The van der Waals surface area contributed by atoms with Gasteiger partial charge in [0, 0.05) is 18.5 Å². The summed E-state index contributed by atoms with van der Waals surface area (Å²) in [7, 11) is 1.34. The normalized spacial score (nSPS) is 17.4. The number of esters is 1. The van der Waals surface area contributed by atoms with Crippen LogP contribution in [0.3, 0.4) is 0 Å². The van der Waals surface area contributed by atoms with Crippen molar-refractivity contribution in [3.05, 3.63) is 45.1 Å². The van der Waals surface area contributed by atoms with E-state index in [4.69, 9.17) is 9.72 Å². The highest BCUT2D eigenvalue weighted by Gasteiger charge is 2.23. The molecule has 1 aliphatic rings. The van der Waals surface area contributed by atoms with E-state index in [0.29, 0.717) is 21.4 Å². The standard InChI is InChI=1S/C21H23N3O3S2/c1-13-5-3-9-24(11-13)12-14-7-8-15-17(23-19(25)16-6-4-10-28-16)18(21(26)27-2)29-20(15)22-14/h4,6-8,10,13H,3,5,9,11-12H2,1-2H3,(H,23,25). The lowest BCUT2D eigenvalue weighted by atomic mass is 10.0. The number of fused-ring (bicyclic) bond motifs is 1. The summed E-state index contributed by atoms with van der Waals surface area (Å²) < 4.78 is 4.93. The molecule has 0 aliphatic carbocycles. The highest BCUT2D eigenvalue weighted by atomic mass is 32.1. The molecule has 0 spiro atoms. The van der Waals surface area contributed by atoms with Crippen LogP contribution >= 0.6 is 22.7 Å². The van der Waals surface area contributed by atoms with Gasteiger partial charge in [-0.25, -0.2) is 9.78 Å². The van der Waals surface area contributed by atoms with E-state index in [2.05, 4.69) is 17.1 Å². The van der Waals surface area contributed by atoms with Crippen LogP contribution in [0, 0.1) is 5.92 Å². The van der Waals surface area contributed by atoms with Crippen molar-refractivity contribution < 1.29 is 14.3 Å². The van der Waals surface area contributed by atoms with Gasteiger partial charge in [0.1, 0.15) is 9.71 Å². The lowest BCUT2D eigenvalue weighted by Gasteiger charge is -2.30. The predicted molar refractivity (Wildman–Crippen MR) is 117 cm³/mol. The van der Waals surface area contributed by atoms with Gasteiger partial charge in [-0.05, 0) is 48.9 Å². The van der Waals surface area contributed by atoms with Crippen LogP contribution in [0.5, 0.6) is 0 Å². The molecule has 0 saturated carbocycles. The van der Waals surface area contributed by atoms with Crippen molar-refractivity contribution in [1.29, 1.82) is 0 Å². The third-order valence-electron chi connectivity index (χ3n) is 5.09. The number of nitrogens with one attached hydrogen (secondary N) is 1. The molecule has 0 bridgehead atoms. The second-order valence-electron chi connectivity index (χ2n) is 7.37.